The zero-order chi connectivity index (χ0) is 20.2. The zero-order valence-corrected chi connectivity index (χ0v) is 17.3. The second kappa shape index (κ2) is 5.93. The molecule has 29 heavy (non-hydrogen) atoms. The van der Waals surface area contributed by atoms with Crippen molar-refractivity contribution in [3.05, 3.63) is 28.6 Å². The smallest absolute Gasteiger partial charge is 0.261 e. The minimum Gasteiger partial charge on any atom is -0.389 e. The largest absolute Gasteiger partial charge is 0.389 e. The van der Waals surface area contributed by atoms with Crippen molar-refractivity contribution in [2.24, 2.45) is 23.7 Å². The molecule has 1 aromatic carbocycles. The van der Waals surface area contributed by atoms with Gasteiger partial charge in [-0.05, 0) is 62.0 Å². The highest BCUT2D eigenvalue weighted by atomic mass is 19.1. The molecule has 5 aliphatic rings. The van der Waals surface area contributed by atoms with Gasteiger partial charge in [-0.3, -0.25) is 14.7 Å². The number of carbonyl (C=O) groups is 1. The minimum atomic E-state index is -0.772. The molecule has 2 aliphatic carbocycles. The number of amides is 1. The van der Waals surface area contributed by atoms with E-state index in [4.69, 9.17) is 0 Å². The predicted molar refractivity (Wildman–Crippen MR) is 106 cm³/mol. The maximum Gasteiger partial charge on any atom is 0.261 e. The number of aliphatic hydroxyl groups excluding tert-OH is 1. The van der Waals surface area contributed by atoms with Gasteiger partial charge in [0.05, 0.1) is 11.8 Å². The molecule has 1 aromatic rings. The van der Waals surface area contributed by atoms with E-state index in [9.17, 15) is 9.90 Å². The van der Waals surface area contributed by atoms with Crippen molar-refractivity contribution < 1.29 is 14.3 Å². The lowest BCUT2D eigenvalue weighted by molar-refractivity contribution is 0.0145. The third-order valence-electron chi connectivity index (χ3n) is 7.82. The number of hydrazine groups is 1. The molecule has 2 saturated carbocycles. The maximum absolute atomic E-state index is 15.3. The fourth-order valence-corrected chi connectivity index (χ4v) is 5.99. The summed E-state index contributed by atoms with van der Waals surface area (Å²) in [4.78, 5) is 17.5. The number of hydrogen-bond donors (Lipinski definition) is 1. The first-order valence-electron chi connectivity index (χ1n) is 10.9. The van der Waals surface area contributed by atoms with E-state index in [-0.39, 0.29) is 17.8 Å². The van der Waals surface area contributed by atoms with E-state index in [0.29, 0.717) is 28.7 Å². The predicted octanol–water partition coefficient (Wildman–Crippen LogP) is 2.18. The molecule has 0 bridgehead atoms. The first-order chi connectivity index (χ1) is 13.8. The summed E-state index contributed by atoms with van der Waals surface area (Å²) < 4.78 is 15.3. The number of aliphatic hydroxyl groups is 1. The van der Waals surface area contributed by atoms with Crippen molar-refractivity contribution in [2.45, 2.75) is 39.1 Å². The van der Waals surface area contributed by atoms with Crippen molar-refractivity contribution in [1.29, 1.82) is 0 Å². The zero-order valence-electron chi connectivity index (χ0n) is 17.3. The summed E-state index contributed by atoms with van der Waals surface area (Å²) in [5.41, 5.74) is 1.75. The average molecular weight is 400 g/mol. The molecule has 0 aromatic heterocycles. The van der Waals surface area contributed by atoms with Crippen LogP contribution in [0.25, 0.3) is 0 Å². The van der Waals surface area contributed by atoms with E-state index >= 15 is 4.39 Å². The Morgan fingerprint density at radius 2 is 1.69 bits per heavy atom. The molecule has 6 nitrogen and oxygen atoms in total. The number of anilines is 1. The van der Waals surface area contributed by atoms with Gasteiger partial charge in [-0.15, -0.1) is 0 Å². The number of fused-ring (bicyclic) bond motifs is 3. The quantitative estimate of drug-likeness (QED) is 0.843. The number of likely N-dealkylation sites (tertiary alicyclic amines) is 1. The van der Waals surface area contributed by atoms with Gasteiger partial charge >= 0.3 is 0 Å². The minimum absolute atomic E-state index is 0.115. The van der Waals surface area contributed by atoms with E-state index < -0.39 is 11.9 Å². The Kier molecular flexibility index (Phi) is 3.70. The highest BCUT2D eigenvalue weighted by molar-refractivity contribution is 6.03. The van der Waals surface area contributed by atoms with Crippen LogP contribution >= 0.6 is 0 Å². The van der Waals surface area contributed by atoms with E-state index in [1.54, 1.807) is 31.9 Å². The molecule has 7 heteroatoms. The molecule has 1 amide bonds. The molecule has 156 valence electrons. The lowest BCUT2D eigenvalue weighted by Crippen LogP contribution is -2.66. The monoisotopic (exact) mass is 400 g/mol. The van der Waals surface area contributed by atoms with Crippen LogP contribution in [0.15, 0.2) is 6.07 Å². The number of nitrogens with zero attached hydrogens (tertiary/aromatic N) is 4. The Balaban J connectivity index is 1.52. The van der Waals surface area contributed by atoms with Crippen molar-refractivity contribution >= 4 is 11.6 Å². The fourth-order valence-electron chi connectivity index (χ4n) is 5.99. The average Bonchev–Trinajstić information content (AvgIpc) is 3.52. The lowest BCUT2D eigenvalue weighted by atomic mass is 9.96. The van der Waals surface area contributed by atoms with Crippen LogP contribution in [-0.4, -0.2) is 65.3 Å². The van der Waals surface area contributed by atoms with Crippen molar-refractivity contribution in [3.63, 3.8) is 0 Å². The van der Waals surface area contributed by atoms with Gasteiger partial charge in [0.15, 0.2) is 6.29 Å². The second-order valence-electron chi connectivity index (χ2n) is 9.94. The van der Waals surface area contributed by atoms with E-state index in [0.717, 1.165) is 38.0 Å². The number of hydrogen-bond acceptors (Lipinski definition) is 5. The van der Waals surface area contributed by atoms with Crippen molar-refractivity contribution in [2.75, 3.05) is 38.2 Å². The molecular weight excluding hydrogens is 371 g/mol. The summed E-state index contributed by atoms with van der Waals surface area (Å²) >= 11 is 0. The highest BCUT2D eigenvalue weighted by Crippen LogP contribution is 2.51. The fraction of sp³-hybridized carbons (Fsp3) is 0.682. The summed E-state index contributed by atoms with van der Waals surface area (Å²) in [6.45, 7) is 7.23. The van der Waals surface area contributed by atoms with Gasteiger partial charge in [-0.1, -0.05) is 0 Å². The number of halogens is 1. The molecule has 3 aliphatic heterocycles. The maximum atomic E-state index is 15.3. The Morgan fingerprint density at radius 1 is 1.10 bits per heavy atom. The number of piperidine rings is 2. The van der Waals surface area contributed by atoms with Gasteiger partial charge in [-0.25, -0.2) is 9.40 Å². The Bertz CT molecular complexity index is 885. The van der Waals surface area contributed by atoms with Gasteiger partial charge in [0, 0.05) is 38.8 Å². The summed E-state index contributed by atoms with van der Waals surface area (Å²) in [5, 5.41) is 15.0. The van der Waals surface area contributed by atoms with Gasteiger partial charge in [0.25, 0.3) is 5.91 Å². The van der Waals surface area contributed by atoms with Gasteiger partial charge in [-0.2, -0.15) is 0 Å². The van der Waals surface area contributed by atoms with Crippen LogP contribution < -0.4 is 5.01 Å². The Morgan fingerprint density at radius 3 is 2.28 bits per heavy atom. The molecule has 6 atom stereocenters. The Labute approximate surface area is 170 Å². The van der Waals surface area contributed by atoms with Crippen molar-refractivity contribution in [1.82, 2.24) is 14.8 Å². The van der Waals surface area contributed by atoms with Crippen LogP contribution in [0.2, 0.25) is 0 Å². The van der Waals surface area contributed by atoms with Gasteiger partial charge < -0.3 is 10.0 Å². The molecule has 0 spiro atoms. The molecule has 3 heterocycles. The van der Waals surface area contributed by atoms with Crippen LogP contribution in [0.3, 0.4) is 0 Å². The second-order valence-corrected chi connectivity index (χ2v) is 9.94. The number of carbonyl (C=O) groups excluding carboxylic acids is 1. The first-order valence-corrected chi connectivity index (χ1v) is 10.9. The van der Waals surface area contributed by atoms with Gasteiger partial charge in [0.2, 0.25) is 0 Å². The summed E-state index contributed by atoms with van der Waals surface area (Å²) in [6.07, 6.45) is 1.54. The molecule has 4 fully saturated rings. The van der Waals surface area contributed by atoms with Gasteiger partial charge in [0.1, 0.15) is 11.4 Å². The molecule has 0 radical (unpaired) electrons. The molecule has 6 unspecified atom stereocenters. The number of rotatable bonds is 3. The van der Waals surface area contributed by atoms with E-state index in [1.807, 2.05) is 0 Å². The summed E-state index contributed by atoms with van der Waals surface area (Å²) in [7, 11) is 1.80. The first kappa shape index (κ1) is 18.1. The van der Waals surface area contributed by atoms with Crippen LogP contribution in [0.4, 0.5) is 10.1 Å². The van der Waals surface area contributed by atoms with E-state index in [1.165, 1.54) is 12.8 Å². The summed E-state index contributed by atoms with van der Waals surface area (Å²) in [5.74, 6) is 2.14. The van der Waals surface area contributed by atoms with E-state index in [2.05, 4.69) is 14.9 Å². The molecule has 1 N–H and O–H groups in total. The summed E-state index contributed by atoms with van der Waals surface area (Å²) in [6, 6.07) is 1.72. The highest BCUT2D eigenvalue weighted by Gasteiger charge is 2.55. The third-order valence-corrected chi connectivity index (χ3v) is 7.82. The Hall–Kier alpha value is -1.70. The van der Waals surface area contributed by atoms with Crippen LogP contribution in [0.1, 0.15) is 47.4 Å². The molecular formula is C22H29FN4O2. The third kappa shape index (κ3) is 2.53. The topological polar surface area (TPSA) is 50.3 Å². The number of benzene rings is 1. The standard InChI is InChI=1S/C22H29FN4O2/c1-11-4-17(12(2)28)20-18(19(11)23)21(29)24(3)22(25-7-13-5-14(13)8-25)27(20)26-9-15-6-16(15)10-26/h4,12-16,22,28H,5-10H2,1-3H3. The SMILES string of the molecule is Cc1cc(C(C)O)c2c(c1F)C(=O)N(C)C(N1CC3CC3C1)N2N1CC2CC2C1. The lowest BCUT2D eigenvalue weighted by Gasteiger charge is -2.52. The molecule has 6 rings (SSSR count). The molecule has 2 saturated heterocycles. The van der Waals surface area contributed by atoms with Crippen molar-refractivity contribution in [3.8, 4) is 0 Å². The van der Waals surface area contributed by atoms with Crippen LogP contribution in [-0.2, 0) is 0 Å². The van der Waals surface area contributed by atoms with Crippen LogP contribution in [0, 0.1) is 36.4 Å². The van der Waals surface area contributed by atoms with Crippen LogP contribution in [0.5, 0.6) is 0 Å². The number of aryl methyl sites for hydroxylation is 1. The normalized spacial score (nSPS) is 36.9.